The number of aromatic nitrogens is 1. The summed E-state index contributed by atoms with van der Waals surface area (Å²) in [5.74, 6) is 0.376. The number of anilines is 1. The van der Waals surface area contributed by atoms with Crippen molar-refractivity contribution in [3.63, 3.8) is 0 Å². The van der Waals surface area contributed by atoms with Crippen molar-refractivity contribution in [3.05, 3.63) is 24.0 Å². The monoisotopic (exact) mass is 198 g/mol. The minimum absolute atomic E-state index is 0.176. The van der Waals surface area contributed by atoms with E-state index in [0.29, 0.717) is 5.92 Å². The highest BCUT2D eigenvalue weighted by atomic mass is 35.5. The summed E-state index contributed by atoms with van der Waals surface area (Å²) >= 11 is 5.91. The van der Waals surface area contributed by atoms with Crippen molar-refractivity contribution in [1.82, 2.24) is 4.98 Å². The van der Waals surface area contributed by atoms with Gasteiger partial charge in [0.2, 0.25) is 0 Å². The van der Waals surface area contributed by atoms with Gasteiger partial charge in [0.25, 0.3) is 0 Å². The number of pyridine rings is 1. The zero-order chi connectivity index (χ0) is 9.84. The topological polar surface area (TPSA) is 38.9 Å². The predicted molar refractivity (Wildman–Crippen MR) is 57.0 cm³/mol. The number of halogens is 1. The Bertz CT molecular complexity index is 273. The Morgan fingerprint density at radius 1 is 1.54 bits per heavy atom. The minimum Gasteiger partial charge on any atom is -0.398 e. The molecule has 2 unspecified atom stereocenters. The largest absolute Gasteiger partial charge is 0.398 e. The van der Waals surface area contributed by atoms with Crippen LogP contribution >= 0.6 is 11.6 Å². The molecular weight excluding hydrogens is 184 g/mol. The first kappa shape index (κ1) is 10.3. The van der Waals surface area contributed by atoms with Crippen LogP contribution in [0.5, 0.6) is 0 Å². The lowest BCUT2D eigenvalue weighted by Crippen LogP contribution is -2.04. The zero-order valence-electron chi connectivity index (χ0n) is 8.00. The summed E-state index contributed by atoms with van der Waals surface area (Å²) in [6.45, 7) is 4.11. The number of nitrogens with zero attached hydrogens (tertiary/aromatic N) is 1. The average molecular weight is 199 g/mol. The lowest BCUT2D eigenvalue weighted by molar-refractivity contribution is 0.670. The first-order valence-corrected chi connectivity index (χ1v) is 4.88. The van der Waals surface area contributed by atoms with Crippen molar-refractivity contribution >= 4 is 17.3 Å². The Kier molecular flexibility index (Phi) is 3.55. The Morgan fingerprint density at radius 2 is 2.23 bits per heavy atom. The third-order valence-electron chi connectivity index (χ3n) is 2.10. The molecule has 0 saturated carbocycles. The van der Waals surface area contributed by atoms with Crippen molar-refractivity contribution in [2.24, 2.45) is 0 Å². The van der Waals surface area contributed by atoms with Crippen molar-refractivity contribution in [2.45, 2.75) is 31.6 Å². The minimum atomic E-state index is 0.176. The number of nitrogens with two attached hydrogens (primary N) is 1. The standard InChI is InChI=1S/C10H15ClN2/c1-7(5-8(2)11)9-6-13-4-3-10(9)12/h3-4,6-8H,5H2,1-2H3,(H2,12,13). The Hall–Kier alpha value is -0.760. The molecule has 0 amide bonds. The molecule has 13 heavy (non-hydrogen) atoms. The van der Waals surface area contributed by atoms with E-state index < -0.39 is 0 Å². The lowest BCUT2D eigenvalue weighted by Gasteiger charge is -2.14. The number of hydrogen-bond donors (Lipinski definition) is 1. The molecule has 0 aliphatic heterocycles. The Labute approximate surface area is 84.1 Å². The SMILES string of the molecule is CC(Cl)CC(C)c1cnccc1N. The quantitative estimate of drug-likeness (QED) is 0.759. The molecule has 0 aliphatic carbocycles. The Balaban J connectivity index is 2.76. The van der Waals surface area contributed by atoms with Gasteiger partial charge in [-0.05, 0) is 30.9 Å². The van der Waals surface area contributed by atoms with Gasteiger partial charge in [0.05, 0.1) is 0 Å². The maximum absolute atomic E-state index is 5.91. The molecule has 2 atom stereocenters. The van der Waals surface area contributed by atoms with Crippen molar-refractivity contribution in [2.75, 3.05) is 5.73 Å². The summed E-state index contributed by atoms with van der Waals surface area (Å²) in [6, 6.07) is 1.82. The van der Waals surface area contributed by atoms with E-state index in [0.717, 1.165) is 17.7 Å². The lowest BCUT2D eigenvalue weighted by atomic mass is 9.97. The van der Waals surface area contributed by atoms with Crippen molar-refractivity contribution < 1.29 is 0 Å². The normalized spacial score (nSPS) is 15.3. The molecule has 1 rings (SSSR count). The van der Waals surface area contributed by atoms with Crippen LogP contribution in [0.15, 0.2) is 18.5 Å². The highest BCUT2D eigenvalue weighted by molar-refractivity contribution is 6.20. The number of nitrogen functional groups attached to an aromatic ring is 1. The van der Waals surface area contributed by atoms with E-state index in [1.54, 1.807) is 6.20 Å². The van der Waals surface area contributed by atoms with Crippen molar-refractivity contribution in [1.29, 1.82) is 0 Å². The summed E-state index contributed by atoms with van der Waals surface area (Å²) in [5.41, 5.74) is 7.71. The zero-order valence-corrected chi connectivity index (χ0v) is 8.75. The van der Waals surface area contributed by atoms with Crippen LogP contribution in [-0.4, -0.2) is 10.4 Å². The molecular formula is C10H15ClN2. The number of hydrogen-bond acceptors (Lipinski definition) is 2. The smallest absolute Gasteiger partial charge is 0.0380 e. The van der Waals surface area contributed by atoms with Gasteiger partial charge in [0.15, 0.2) is 0 Å². The summed E-state index contributed by atoms with van der Waals surface area (Å²) in [7, 11) is 0. The molecule has 0 bridgehead atoms. The maximum atomic E-state index is 5.91. The molecule has 0 aliphatic rings. The van der Waals surface area contributed by atoms with E-state index in [9.17, 15) is 0 Å². The maximum Gasteiger partial charge on any atom is 0.0380 e. The molecule has 0 spiro atoms. The van der Waals surface area contributed by atoms with Gasteiger partial charge in [-0.25, -0.2) is 0 Å². The van der Waals surface area contributed by atoms with E-state index in [-0.39, 0.29) is 5.38 Å². The first-order valence-electron chi connectivity index (χ1n) is 4.44. The van der Waals surface area contributed by atoms with Gasteiger partial charge in [0.1, 0.15) is 0 Å². The third-order valence-corrected chi connectivity index (χ3v) is 2.27. The van der Waals surface area contributed by atoms with Crippen LogP contribution in [0.25, 0.3) is 0 Å². The second kappa shape index (κ2) is 4.47. The molecule has 2 nitrogen and oxygen atoms in total. The second-order valence-electron chi connectivity index (χ2n) is 3.42. The molecule has 3 heteroatoms. The highest BCUT2D eigenvalue weighted by Gasteiger charge is 2.11. The van der Waals surface area contributed by atoms with Crippen molar-refractivity contribution in [3.8, 4) is 0 Å². The fraction of sp³-hybridized carbons (Fsp3) is 0.500. The van der Waals surface area contributed by atoms with Crippen LogP contribution in [-0.2, 0) is 0 Å². The van der Waals surface area contributed by atoms with E-state index in [1.807, 2.05) is 19.2 Å². The summed E-state index contributed by atoms with van der Waals surface area (Å²) in [5, 5.41) is 0.176. The average Bonchev–Trinajstić information content (AvgIpc) is 2.03. The van der Waals surface area contributed by atoms with E-state index in [4.69, 9.17) is 17.3 Å². The van der Waals surface area contributed by atoms with Crippen LogP contribution < -0.4 is 5.73 Å². The fourth-order valence-electron chi connectivity index (χ4n) is 1.44. The van der Waals surface area contributed by atoms with Crippen LogP contribution in [0.3, 0.4) is 0 Å². The van der Waals surface area contributed by atoms with Crippen LogP contribution in [0.4, 0.5) is 5.69 Å². The summed E-state index contributed by atoms with van der Waals surface area (Å²) < 4.78 is 0. The molecule has 1 heterocycles. The predicted octanol–water partition coefficient (Wildman–Crippen LogP) is 2.78. The first-order chi connectivity index (χ1) is 6.11. The van der Waals surface area contributed by atoms with E-state index in [1.165, 1.54) is 0 Å². The molecule has 0 aromatic carbocycles. The fourth-order valence-corrected chi connectivity index (χ4v) is 1.71. The van der Waals surface area contributed by atoms with Gasteiger partial charge in [-0.15, -0.1) is 11.6 Å². The van der Waals surface area contributed by atoms with Gasteiger partial charge in [-0.3, -0.25) is 4.98 Å². The second-order valence-corrected chi connectivity index (χ2v) is 4.17. The van der Waals surface area contributed by atoms with Gasteiger partial charge >= 0.3 is 0 Å². The highest BCUT2D eigenvalue weighted by Crippen LogP contribution is 2.26. The molecule has 0 fully saturated rings. The van der Waals surface area contributed by atoms with Gasteiger partial charge in [-0.2, -0.15) is 0 Å². The van der Waals surface area contributed by atoms with Crippen LogP contribution in [0.1, 0.15) is 31.7 Å². The molecule has 1 aromatic heterocycles. The third kappa shape index (κ3) is 2.88. The number of alkyl halides is 1. The number of rotatable bonds is 3. The van der Waals surface area contributed by atoms with Crippen LogP contribution in [0, 0.1) is 0 Å². The van der Waals surface area contributed by atoms with Crippen LogP contribution in [0.2, 0.25) is 0 Å². The summed E-state index contributed by atoms with van der Waals surface area (Å²) in [4.78, 5) is 4.05. The molecule has 1 aromatic rings. The molecule has 0 radical (unpaired) electrons. The van der Waals surface area contributed by atoms with Gasteiger partial charge in [0, 0.05) is 23.5 Å². The molecule has 0 saturated heterocycles. The van der Waals surface area contributed by atoms with Gasteiger partial charge < -0.3 is 5.73 Å². The molecule has 72 valence electrons. The molecule has 2 N–H and O–H groups in total. The Morgan fingerprint density at radius 3 is 2.77 bits per heavy atom. The summed E-state index contributed by atoms with van der Waals surface area (Å²) in [6.07, 6.45) is 4.45. The van der Waals surface area contributed by atoms with Gasteiger partial charge in [-0.1, -0.05) is 6.92 Å². The van der Waals surface area contributed by atoms with E-state index in [2.05, 4.69) is 11.9 Å². The van der Waals surface area contributed by atoms with E-state index >= 15 is 0 Å².